The summed E-state index contributed by atoms with van der Waals surface area (Å²) >= 11 is 12.4. The molecule has 0 aliphatic carbocycles. The van der Waals surface area contributed by atoms with Crippen LogP contribution in [0.2, 0.25) is 10.0 Å². The molecule has 120 valence electrons. The Morgan fingerprint density at radius 3 is 2.61 bits per heavy atom. The first-order valence-corrected chi connectivity index (χ1v) is 7.52. The SMILES string of the molecule is COc1ncnc2c1CN(c1c(Cl)cc([N+](=O)[O-])cc1Cl)CC2. The van der Waals surface area contributed by atoms with Crippen LogP contribution in [0.4, 0.5) is 11.4 Å². The van der Waals surface area contributed by atoms with Gasteiger partial charge in [-0.15, -0.1) is 0 Å². The number of nitrogens with zero attached hydrogens (tertiary/aromatic N) is 4. The molecule has 1 aromatic heterocycles. The Kier molecular flexibility index (Phi) is 4.23. The molecule has 0 bridgehead atoms. The van der Waals surface area contributed by atoms with Crippen LogP contribution < -0.4 is 9.64 Å². The molecule has 7 nitrogen and oxygen atoms in total. The van der Waals surface area contributed by atoms with Gasteiger partial charge in [0.25, 0.3) is 5.69 Å². The second-order valence-corrected chi connectivity index (χ2v) is 5.81. The van der Waals surface area contributed by atoms with Gasteiger partial charge >= 0.3 is 0 Å². The molecule has 0 saturated heterocycles. The van der Waals surface area contributed by atoms with Gasteiger partial charge in [0.2, 0.25) is 5.88 Å². The molecule has 0 radical (unpaired) electrons. The number of nitro groups is 1. The van der Waals surface area contributed by atoms with Gasteiger partial charge in [-0.25, -0.2) is 9.97 Å². The molecule has 9 heteroatoms. The first kappa shape index (κ1) is 15.8. The lowest BCUT2D eigenvalue weighted by Gasteiger charge is -2.31. The summed E-state index contributed by atoms with van der Waals surface area (Å²) in [7, 11) is 1.55. The van der Waals surface area contributed by atoms with Gasteiger partial charge in [-0.2, -0.15) is 0 Å². The van der Waals surface area contributed by atoms with Gasteiger partial charge in [0.1, 0.15) is 6.33 Å². The zero-order valence-electron chi connectivity index (χ0n) is 12.1. The van der Waals surface area contributed by atoms with Crippen LogP contribution >= 0.6 is 23.2 Å². The van der Waals surface area contributed by atoms with Gasteiger partial charge in [0.05, 0.1) is 45.6 Å². The zero-order valence-corrected chi connectivity index (χ0v) is 13.6. The van der Waals surface area contributed by atoms with Crippen molar-refractivity contribution >= 4 is 34.6 Å². The Morgan fingerprint density at radius 1 is 1.30 bits per heavy atom. The van der Waals surface area contributed by atoms with Gasteiger partial charge in [-0.1, -0.05) is 23.2 Å². The first-order chi connectivity index (χ1) is 11.0. The summed E-state index contributed by atoms with van der Waals surface area (Å²) in [5.41, 5.74) is 2.21. The van der Waals surface area contributed by atoms with Crippen LogP contribution in [-0.4, -0.2) is 28.5 Å². The Labute approximate surface area is 142 Å². The van der Waals surface area contributed by atoms with Crippen LogP contribution in [0.1, 0.15) is 11.3 Å². The quantitative estimate of drug-likeness (QED) is 0.621. The van der Waals surface area contributed by atoms with Crippen molar-refractivity contribution in [3.05, 3.63) is 49.9 Å². The number of benzene rings is 1. The average molecular weight is 355 g/mol. The fraction of sp³-hybridized carbons (Fsp3) is 0.286. The summed E-state index contributed by atoms with van der Waals surface area (Å²) in [6, 6.07) is 2.61. The standard InChI is InChI=1S/C14H12Cl2N4O3/c1-23-14-9-6-19(3-2-12(9)17-7-18-14)13-10(15)4-8(20(21)22)5-11(13)16/h4-5,7H,2-3,6H2,1H3. The highest BCUT2D eigenvalue weighted by Gasteiger charge is 2.26. The number of hydrogen-bond donors (Lipinski definition) is 0. The number of non-ortho nitro benzene ring substituents is 1. The van der Waals surface area contributed by atoms with Crippen molar-refractivity contribution in [2.24, 2.45) is 0 Å². The van der Waals surface area contributed by atoms with E-state index in [4.69, 9.17) is 27.9 Å². The van der Waals surface area contributed by atoms with E-state index < -0.39 is 4.92 Å². The van der Waals surface area contributed by atoms with E-state index in [2.05, 4.69) is 9.97 Å². The minimum absolute atomic E-state index is 0.137. The molecule has 23 heavy (non-hydrogen) atoms. The minimum Gasteiger partial charge on any atom is -0.481 e. The summed E-state index contributed by atoms with van der Waals surface area (Å²) in [6.07, 6.45) is 2.15. The van der Waals surface area contributed by atoms with Crippen LogP contribution in [0, 0.1) is 10.1 Å². The number of fused-ring (bicyclic) bond motifs is 1. The highest BCUT2D eigenvalue weighted by atomic mass is 35.5. The summed E-state index contributed by atoms with van der Waals surface area (Å²) in [5, 5.41) is 11.4. The Bertz CT molecular complexity index is 747. The van der Waals surface area contributed by atoms with Gasteiger partial charge in [-0.3, -0.25) is 10.1 Å². The normalized spacial score (nSPS) is 13.6. The second-order valence-electron chi connectivity index (χ2n) is 4.99. The van der Waals surface area contributed by atoms with E-state index >= 15 is 0 Å². The van der Waals surface area contributed by atoms with E-state index in [0.29, 0.717) is 31.1 Å². The summed E-state index contributed by atoms with van der Waals surface area (Å²) in [4.78, 5) is 20.7. The molecule has 3 rings (SSSR count). The van der Waals surface area contributed by atoms with E-state index in [1.165, 1.54) is 18.5 Å². The van der Waals surface area contributed by atoms with Crippen LogP contribution in [0.3, 0.4) is 0 Å². The molecule has 0 N–H and O–H groups in total. The third-order valence-corrected chi connectivity index (χ3v) is 4.26. The number of ether oxygens (including phenoxy) is 1. The third-order valence-electron chi connectivity index (χ3n) is 3.68. The minimum atomic E-state index is -0.524. The molecule has 0 amide bonds. The Morgan fingerprint density at radius 2 is 2.00 bits per heavy atom. The van der Waals surface area contributed by atoms with Crippen molar-refractivity contribution in [2.75, 3.05) is 18.6 Å². The van der Waals surface area contributed by atoms with Gasteiger partial charge in [-0.05, 0) is 0 Å². The van der Waals surface area contributed by atoms with Crippen LogP contribution in [0.25, 0.3) is 0 Å². The molecule has 0 atom stereocenters. The Balaban J connectivity index is 2.00. The lowest BCUT2D eigenvalue weighted by molar-refractivity contribution is -0.384. The summed E-state index contributed by atoms with van der Waals surface area (Å²) in [6.45, 7) is 1.11. The lowest BCUT2D eigenvalue weighted by atomic mass is 10.1. The van der Waals surface area contributed by atoms with Crippen molar-refractivity contribution in [1.29, 1.82) is 0 Å². The van der Waals surface area contributed by atoms with E-state index in [1.807, 2.05) is 4.90 Å². The molecule has 1 aromatic carbocycles. The topological polar surface area (TPSA) is 81.4 Å². The molecule has 2 aromatic rings. The molecular formula is C14H12Cl2N4O3. The second kappa shape index (κ2) is 6.17. The predicted molar refractivity (Wildman–Crippen MR) is 86.5 cm³/mol. The molecule has 1 aliphatic heterocycles. The van der Waals surface area contributed by atoms with E-state index in [1.54, 1.807) is 7.11 Å². The highest BCUT2D eigenvalue weighted by molar-refractivity contribution is 6.39. The molecular weight excluding hydrogens is 343 g/mol. The summed E-state index contributed by atoms with van der Waals surface area (Å²) < 4.78 is 5.27. The molecule has 0 unspecified atom stereocenters. The van der Waals surface area contributed by atoms with Crippen molar-refractivity contribution in [1.82, 2.24) is 9.97 Å². The van der Waals surface area contributed by atoms with Crippen LogP contribution in [-0.2, 0) is 13.0 Å². The zero-order chi connectivity index (χ0) is 16.6. The number of rotatable bonds is 3. The summed E-state index contributed by atoms with van der Waals surface area (Å²) in [5.74, 6) is 0.508. The monoisotopic (exact) mass is 354 g/mol. The molecule has 0 spiro atoms. The van der Waals surface area contributed by atoms with E-state index in [-0.39, 0.29) is 15.7 Å². The number of methoxy groups -OCH3 is 1. The van der Waals surface area contributed by atoms with Crippen molar-refractivity contribution in [2.45, 2.75) is 13.0 Å². The molecule has 2 heterocycles. The van der Waals surface area contributed by atoms with Gasteiger partial charge in [0.15, 0.2) is 0 Å². The highest BCUT2D eigenvalue weighted by Crippen LogP contribution is 2.40. The number of halogens is 2. The van der Waals surface area contributed by atoms with Gasteiger partial charge < -0.3 is 9.64 Å². The fourth-order valence-corrected chi connectivity index (χ4v) is 3.36. The number of anilines is 1. The third kappa shape index (κ3) is 2.89. The number of nitro benzene ring substituents is 1. The van der Waals surface area contributed by atoms with Crippen molar-refractivity contribution in [3.63, 3.8) is 0 Å². The number of hydrogen-bond acceptors (Lipinski definition) is 6. The fourth-order valence-electron chi connectivity index (χ4n) is 2.64. The van der Waals surface area contributed by atoms with Crippen LogP contribution in [0.15, 0.2) is 18.5 Å². The average Bonchev–Trinajstić information content (AvgIpc) is 2.53. The van der Waals surface area contributed by atoms with Crippen molar-refractivity contribution < 1.29 is 9.66 Å². The largest absolute Gasteiger partial charge is 0.481 e. The Hall–Kier alpha value is -2.12. The smallest absolute Gasteiger partial charge is 0.272 e. The van der Waals surface area contributed by atoms with Crippen molar-refractivity contribution in [3.8, 4) is 5.88 Å². The van der Waals surface area contributed by atoms with E-state index in [0.717, 1.165) is 11.3 Å². The maximum Gasteiger partial charge on any atom is 0.272 e. The number of aromatic nitrogens is 2. The van der Waals surface area contributed by atoms with Gasteiger partial charge in [0, 0.05) is 25.1 Å². The maximum absolute atomic E-state index is 10.9. The first-order valence-electron chi connectivity index (χ1n) is 6.76. The maximum atomic E-state index is 10.9. The predicted octanol–water partition coefficient (Wildman–Crippen LogP) is 3.26. The molecule has 0 saturated carbocycles. The van der Waals surface area contributed by atoms with Crippen LogP contribution in [0.5, 0.6) is 5.88 Å². The molecule has 1 aliphatic rings. The van der Waals surface area contributed by atoms with E-state index in [9.17, 15) is 10.1 Å². The lowest BCUT2D eigenvalue weighted by Crippen LogP contribution is -2.32. The molecule has 0 fully saturated rings.